The molecule has 0 aliphatic carbocycles. The van der Waals surface area contributed by atoms with Gasteiger partial charge in [0.2, 0.25) is 0 Å². The first-order valence-electron chi connectivity index (χ1n) is 7.43. The van der Waals surface area contributed by atoms with Crippen LogP contribution in [0, 0.1) is 20.8 Å². The Balaban J connectivity index is 1.96. The molecule has 1 unspecified atom stereocenters. The molecule has 2 rings (SSSR count). The van der Waals surface area contributed by atoms with Gasteiger partial charge in [0.15, 0.2) is 0 Å². The topological polar surface area (TPSA) is 26.0 Å². The van der Waals surface area contributed by atoms with Crippen LogP contribution in [0.5, 0.6) is 0 Å². The van der Waals surface area contributed by atoms with Crippen LogP contribution in [0.4, 0.5) is 0 Å². The standard InChI is InChI=1S/C19H25N/c1-14-7-4-5-10-17(14)11-12-18(20)13-19-15(2)8-6-9-16(19)3/h4-10,18H,11-13,20H2,1-3H3. The zero-order chi connectivity index (χ0) is 14.5. The fraction of sp³-hybridized carbons (Fsp3) is 0.368. The van der Waals surface area contributed by atoms with Crippen LogP contribution in [0.25, 0.3) is 0 Å². The third-order valence-corrected chi connectivity index (χ3v) is 4.16. The molecule has 0 aromatic heterocycles. The Labute approximate surface area is 122 Å². The summed E-state index contributed by atoms with van der Waals surface area (Å²) in [5, 5.41) is 0. The maximum atomic E-state index is 6.34. The number of aryl methyl sites for hydroxylation is 4. The van der Waals surface area contributed by atoms with Gasteiger partial charge >= 0.3 is 0 Å². The van der Waals surface area contributed by atoms with Crippen LogP contribution in [0.2, 0.25) is 0 Å². The molecule has 2 N–H and O–H groups in total. The van der Waals surface area contributed by atoms with Gasteiger partial charge in [0, 0.05) is 6.04 Å². The molecule has 2 aromatic rings. The van der Waals surface area contributed by atoms with Crippen molar-refractivity contribution in [2.24, 2.45) is 5.73 Å². The Hall–Kier alpha value is -1.60. The first kappa shape index (κ1) is 14.8. The Kier molecular flexibility index (Phi) is 4.97. The van der Waals surface area contributed by atoms with Crippen molar-refractivity contribution in [3.63, 3.8) is 0 Å². The minimum absolute atomic E-state index is 0.231. The van der Waals surface area contributed by atoms with E-state index in [1.165, 1.54) is 27.8 Å². The van der Waals surface area contributed by atoms with Crippen molar-refractivity contribution in [3.05, 3.63) is 70.3 Å². The fourth-order valence-corrected chi connectivity index (χ4v) is 2.77. The van der Waals surface area contributed by atoms with Crippen molar-refractivity contribution in [2.45, 2.75) is 46.1 Å². The molecule has 1 nitrogen and oxygen atoms in total. The molecule has 0 spiro atoms. The molecule has 0 heterocycles. The fourth-order valence-electron chi connectivity index (χ4n) is 2.77. The second kappa shape index (κ2) is 6.71. The van der Waals surface area contributed by atoms with Gasteiger partial charge in [0.1, 0.15) is 0 Å². The van der Waals surface area contributed by atoms with Crippen LogP contribution in [0.1, 0.15) is 34.2 Å². The van der Waals surface area contributed by atoms with Crippen LogP contribution in [0.3, 0.4) is 0 Å². The minimum atomic E-state index is 0.231. The van der Waals surface area contributed by atoms with E-state index in [1.807, 2.05) is 0 Å². The Morgan fingerprint density at radius 3 is 2.10 bits per heavy atom. The number of hydrogen-bond acceptors (Lipinski definition) is 1. The number of nitrogens with two attached hydrogens (primary N) is 1. The van der Waals surface area contributed by atoms with Crippen LogP contribution < -0.4 is 5.73 Å². The van der Waals surface area contributed by atoms with Crippen molar-refractivity contribution in [2.75, 3.05) is 0 Å². The number of rotatable bonds is 5. The molecular formula is C19H25N. The lowest BCUT2D eigenvalue weighted by Crippen LogP contribution is -2.24. The Morgan fingerprint density at radius 1 is 0.850 bits per heavy atom. The largest absolute Gasteiger partial charge is 0.327 e. The second-order valence-corrected chi connectivity index (χ2v) is 5.80. The zero-order valence-electron chi connectivity index (χ0n) is 12.8. The lowest BCUT2D eigenvalue weighted by Gasteiger charge is -2.16. The molecule has 2 aromatic carbocycles. The summed E-state index contributed by atoms with van der Waals surface area (Å²) in [6.45, 7) is 6.53. The summed E-state index contributed by atoms with van der Waals surface area (Å²) in [5.74, 6) is 0. The smallest absolute Gasteiger partial charge is 0.00826 e. The molecule has 20 heavy (non-hydrogen) atoms. The highest BCUT2D eigenvalue weighted by Gasteiger charge is 2.09. The van der Waals surface area contributed by atoms with Gasteiger partial charge in [0.25, 0.3) is 0 Å². The summed E-state index contributed by atoms with van der Waals surface area (Å²) in [7, 11) is 0. The van der Waals surface area contributed by atoms with Gasteiger partial charge in [-0.25, -0.2) is 0 Å². The van der Waals surface area contributed by atoms with E-state index in [2.05, 4.69) is 63.2 Å². The normalized spacial score (nSPS) is 12.4. The number of benzene rings is 2. The summed E-state index contributed by atoms with van der Waals surface area (Å²) in [4.78, 5) is 0. The first-order valence-corrected chi connectivity index (χ1v) is 7.43. The molecule has 0 fully saturated rings. The van der Waals surface area contributed by atoms with Crippen molar-refractivity contribution >= 4 is 0 Å². The third-order valence-electron chi connectivity index (χ3n) is 4.16. The van der Waals surface area contributed by atoms with Crippen LogP contribution in [-0.2, 0) is 12.8 Å². The monoisotopic (exact) mass is 267 g/mol. The average molecular weight is 267 g/mol. The van der Waals surface area contributed by atoms with Crippen molar-refractivity contribution in [1.82, 2.24) is 0 Å². The van der Waals surface area contributed by atoms with E-state index in [9.17, 15) is 0 Å². The van der Waals surface area contributed by atoms with E-state index in [-0.39, 0.29) is 6.04 Å². The SMILES string of the molecule is Cc1ccccc1CCC(N)Cc1c(C)cccc1C. The Morgan fingerprint density at radius 2 is 1.45 bits per heavy atom. The van der Waals surface area contributed by atoms with Gasteiger partial charge in [-0.3, -0.25) is 0 Å². The highest BCUT2D eigenvalue weighted by atomic mass is 14.6. The summed E-state index contributed by atoms with van der Waals surface area (Å²) < 4.78 is 0. The van der Waals surface area contributed by atoms with Crippen molar-refractivity contribution < 1.29 is 0 Å². The maximum Gasteiger partial charge on any atom is 0.00826 e. The lowest BCUT2D eigenvalue weighted by molar-refractivity contribution is 0.606. The van der Waals surface area contributed by atoms with Gasteiger partial charge in [-0.2, -0.15) is 0 Å². The predicted molar refractivity (Wildman–Crippen MR) is 87.1 cm³/mol. The van der Waals surface area contributed by atoms with Crippen LogP contribution in [-0.4, -0.2) is 6.04 Å². The van der Waals surface area contributed by atoms with E-state index < -0.39 is 0 Å². The molecule has 0 bridgehead atoms. The molecule has 0 radical (unpaired) electrons. The van der Waals surface area contributed by atoms with Crippen molar-refractivity contribution in [1.29, 1.82) is 0 Å². The van der Waals surface area contributed by atoms with E-state index >= 15 is 0 Å². The van der Waals surface area contributed by atoms with Gasteiger partial charge in [0.05, 0.1) is 0 Å². The van der Waals surface area contributed by atoms with E-state index in [0.29, 0.717) is 0 Å². The van der Waals surface area contributed by atoms with Gasteiger partial charge < -0.3 is 5.73 Å². The molecule has 0 saturated carbocycles. The summed E-state index contributed by atoms with van der Waals surface area (Å²) in [6, 6.07) is 15.3. The van der Waals surface area contributed by atoms with Gasteiger partial charge in [-0.15, -0.1) is 0 Å². The van der Waals surface area contributed by atoms with E-state index in [4.69, 9.17) is 5.73 Å². The number of hydrogen-bond donors (Lipinski definition) is 1. The molecule has 0 aliphatic heterocycles. The zero-order valence-corrected chi connectivity index (χ0v) is 12.8. The summed E-state index contributed by atoms with van der Waals surface area (Å²) in [5.41, 5.74) is 13.3. The molecule has 0 amide bonds. The quantitative estimate of drug-likeness (QED) is 0.866. The summed E-state index contributed by atoms with van der Waals surface area (Å²) in [6.07, 6.45) is 3.09. The molecule has 0 saturated heterocycles. The van der Waals surface area contributed by atoms with Gasteiger partial charge in [-0.1, -0.05) is 42.5 Å². The van der Waals surface area contributed by atoms with Gasteiger partial charge in [-0.05, 0) is 67.9 Å². The van der Waals surface area contributed by atoms with Crippen LogP contribution in [0.15, 0.2) is 42.5 Å². The van der Waals surface area contributed by atoms with Crippen molar-refractivity contribution in [3.8, 4) is 0 Å². The molecule has 106 valence electrons. The minimum Gasteiger partial charge on any atom is -0.327 e. The van der Waals surface area contributed by atoms with E-state index in [1.54, 1.807) is 0 Å². The van der Waals surface area contributed by atoms with Crippen LogP contribution >= 0.6 is 0 Å². The molecule has 0 aliphatic rings. The molecule has 1 heteroatoms. The highest BCUT2D eigenvalue weighted by Crippen LogP contribution is 2.17. The predicted octanol–water partition coefficient (Wildman–Crippen LogP) is 4.11. The average Bonchev–Trinajstić information content (AvgIpc) is 2.42. The Bertz CT molecular complexity index is 551. The third kappa shape index (κ3) is 3.71. The second-order valence-electron chi connectivity index (χ2n) is 5.80. The maximum absolute atomic E-state index is 6.34. The van der Waals surface area contributed by atoms with E-state index in [0.717, 1.165) is 19.3 Å². The highest BCUT2D eigenvalue weighted by molar-refractivity contribution is 5.34. The lowest BCUT2D eigenvalue weighted by atomic mass is 9.93. The molecule has 1 atom stereocenters. The summed E-state index contributed by atoms with van der Waals surface area (Å²) >= 11 is 0. The molecular weight excluding hydrogens is 242 g/mol. The first-order chi connectivity index (χ1) is 9.58.